The van der Waals surface area contributed by atoms with Gasteiger partial charge in [0.15, 0.2) is 0 Å². The van der Waals surface area contributed by atoms with Crippen LogP contribution in [0.15, 0.2) is 24.3 Å². The minimum atomic E-state index is -0.497. The van der Waals surface area contributed by atoms with E-state index in [2.05, 4.69) is 10.2 Å². The number of carbonyl (C=O) groups excluding carboxylic acids is 1. The zero-order chi connectivity index (χ0) is 17.6. The number of benzene rings is 1. The third-order valence-corrected chi connectivity index (χ3v) is 4.81. The number of nitrogens with one attached hydrogen (secondary N) is 1. The van der Waals surface area contributed by atoms with Crippen LogP contribution in [0.2, 0.25) is 0 Å². The van der Waals surface area contributed by atoms with Gasteiger partial charge in [-0.1, -0.05) is 6.07 Å². The third-order valence-electron chi connectivity index (χ3n) is 4.81. The Labute approximate surface area is 146 Å². The van der Waals surface area contributed by atoms with E-state index >= 15 is 0 Å². The van der Waals surface area contributed by atoms with Crippen molar-refractivity contribution in [2.24, 2.45) is 5.92 Å². The maximum Gasteiger partial charge on any atom is 0.270 e. The molecule has 0 saturated carbocycles. The molecule has 2 fully saturated rings. The molecular formula is C17H23N3O5. The van der Waals surface area contributed by atoms with E-state index in [0.29, 0.717) is 37.8 Å². The Hall–Kier alpha value is -2.03. The van der Waals surface area contributed by atoms with Gasteiger partial charge in [0.2, 0.25) is 0 Å². The highest BCUT2D eigenvalue weighted by atomic mass is 16.6. The number of rotatable bonds is 6. The predicted octanol–water partition coefficient (Wildman–Crippen LogP) is 1.06. The fraction of sp³-hybridized carbons (Fsp3) is 0.588. The lowest BCUT2D eigenvalue weighted by molar-refractivity contribution is -0.384. The topological polar surface area (TPSA) is 93.9 Å². The molecule has 0 spiro atoms. The van der Waals surface area contributed by atoms with Gasteiger partial charge in [-0.15, -0.1) is 0 Å². The van der Waals surface area contributed by atoms with Gasteiger partial charge in [0, 0.05) is 55.9 Å². The van der Waals surface area contributed by atoms with Gasteiger partial charge < -0.3 is 14.8 Å². The number of morpholine rings is 1. The van der Waals surface area contributed by atoms with E-state index in [1.165, 1.54) is 18.2 Å². The highest BCUT2D eigenvalue weighted by molar-refractivity contribution is 5.94. The van der Waals surface area contributed by atoms with Gasteiger partial charge in [0.25, 0.3) is 11.6 Å². The van der Waals surface area contributed by atoms with Gasteiger partial charge in [-0.2, -0.15) is 0 Å². The smallest absolute Gasteiger partial charge is 0.270 e. The van der Waals surface area contributed by atoms with Gasteiger partial charge in [-0.3, -0.25) is 19.8 Å². The molecule has 2 saturated heterocycles. The number of carbonyl (C=O) groups is 1. The number of nitro groups is 1. The number of hydrogen-bond donors (Lipinski definition) is 1. The molecule has 1 amide bonds. The van der Waals surface area contributed by atoms with Crippen LogP contribution in [-0.4, -0.2) is 67.8 Å². The molecule has 1 N–H and O–H groups in total. The summed E-state index contributed by atoms with van der Waals surface area (Å²) in [6.45, 7) is 5.03. The molecule has 0 radical (unpaired) electrons. The molecule has 2 heterocycles. The highest BCUT2D eigenvalue weighted by Crippen LogP contribution is 2.22. The summed E-state index contributed by atoms with van der Waals surface area (Å²) in [7, 11) is 0. The Morgan fingerprint density at radius 2 is 2.12 bits per heavy atom. The summed E-state index contributed by atoms with van der Waals surface area (Å²) in [4.78, 5) is 25.1. The predicted molar refractivity (Wildman–Crippen MR) is 90.5 cm³/mol. The first-order chi connectivity index (χ1) is 12.1. The van der Waals surface area contributed by atoms with Crippen molar-refractivity contribution < 1.29 is 19.2 Å². The largest absolute Gasteiger partial charge is 0.381 e. The summed E-state index contributed by atoms with van der Waals surface area (Å²) >= 11 is 0. The number of non-ortho nitro benzene ring substituents is 1. The quantitative estimate of drug-likeness (QED) is 0.610. The van der Waals surface area contributed by atoms with E-state index in [1.54, 1.807) is 6.07 Å². The van der Waals surface area contributed by atoms with Crippen molar-refractivity contribution in [3.05, 3.63) is 39.9 Å². The summed E-state index contributed by atoms with van der Waals surface area (Å²) in [5.74, 6) is 0.0874. The Bertz CT molecular complexity index is 612. The van der Waals surface area contributed by atoms with Crippen molar-refractivity contribution in [2.45, 2.75) is 12.5 Å². The molecule has 1 aromatic rings. The average Bonchev–Trinajstić information content (AvgIpc) is 3.17. The van der Waals surface area contributed by atoms with Crippen molar-refractivity contribution in [2.75, 3.05) is 46.1 Å². The van der Waals surface area contributed by atoms with Crippen molar-refractivity contribution >= 4 is 11.6 Å². The first kappa shape index (κ1) is 17.8. The molecule has 2 atom stereocenters. The van der Waals surface area contributed by atoms with Crippen LogP contribution < -0.4 is 5.32 Å². The van der Waals surface area contributed by atoms with E-state index in [1.807, 2.05) is 0 Å². The van der Waals surface area contributed by atoms with Crippen LogP contribution in [0.1, 0.15) is 16.8 Å². The van der Waals surface area contributed by atoms with Crippen LogP contribution in [0.25, 0.3) is 0 Å². The number of ether oxygens (including phenoxy) is 2. The van der Waals surface area contributed by atoms with Crippen LogP contribution in [0, 0.1) is 16.0 Å². The van der Waals surface area contributed by atoms with Gasteiger partial charge in [-0.25, -0.2) is 0 Å². The minimum Gasteiger partial charge on any atom is -0.381 e. The molecule has 2 aliphatic rings. The van der Waals surface area contributed by atoms with E-state index < -0.39 is 4.92 Å². The molecule has 8 heteroatoms. The lowest BCUT2D eigenvalue weighted by Gasteiger charge is -2.37. The van der Waals surface area contributed by atoms with Crippen LogP contribution in [0.3, 0.4) is 0 Å². The van der Waals surface area contributed by atoms with E-state index in [0.717, 1.165) is 26.1 Å². The Balaban J connectivity index is 1.64. The van der Waals surface area contributed by atoms with E-state index in [4.69, 9.17) is 9.47 Å². The second-order valence-corrected chi connectivity index (χ2v) is 6.36. The monoisotopic (exact) mass is 349 g/mol. The number of nitro benzene ring substituents is 1. The second-order valence-electron chi connectivity index (χ2n) is 6.36. The number of nitrogens with zero attached hydrogens (tertiary/aromatic N) is 2. The van der Waals surface area contributed by atoms with Crippen LogP contribution in [0.5, 0.6) is 0 Å². The maximum absolute atomic E-state index is 12.4. The molecule has 2 aliphatic heterocycles. The molecule has 136 valence electrons. The van der Waals surface area contributed by atoms with Crippen LogP contribution >= 0.6 is 0 Å². The van der Waals surface area contributed by atoms with Gasteiger partial charge in [-0.05, 0) is 12.5 Å². The van der Waals surface area contributed by atoms with Crippen molar-refractivity contribution in [1.82, 2.24) is 10.2 Å². The first-order valence-electron chi connectivity index (χ1n) is 8.57. The Kier molecular flexibility index (Phi) is 5.95. The highest BCUT2D eigenvalue weighted by Gasteiger charge is 2.31. The molecule has 0 bridgehead atoms. The summed E-state index contributed by atoms with van der Waals surface area (Å²) in [6, 6.07) is 5.98. The normalized spacial score (nSPS) is 22.5. The van der Waals surface area contributed by atoms with Crippen molar-refractivity contribution in [3.63, 3.8) is 0 Å². The second kappa shape index (κ2) is 8.37. The molecule has 3 rings (SSSR count). The van der Waals surface area contributed by atoms with Crippen molar-refractivity contribution in [1.29, 1.82) is 0 Å². The summed E-state index contributed by atoms with van der Waals surface area (Å²) in [5.41, 5.74) is 0.221. The van der Waals surface area contributed by atoms with E-state index in [9.17, 15) is 14.9 Å². The first-order valence-corrected chi connectivity index (χ1v) is 8.57. The Morgan fingerprint density at radius 1 is 1.32 bits per heavy atom. The minimum absolute atomic E-state index is 0.0819. The van der Waals surface area contributed by atoms with Gasteiger partial charge in [0.05, 0.1) is 24.7 Å². The average molecular weight is 349 g/mol. The van der Waals surface area contributed by atoms with Crippen LogP contribution in [0.4, 0.5) is 5.69 Å². The van der Waals surface area contributed by atoms with Gasteiger partial charge in [0.1, 0.15) is 0 Å². The number of amides is 1. The number of hydrogen-bond acceptors (Lipinski definition) is 6. The fourth-order valence-corrected chi connectivity index (χ4v) is 3.42. The van der Waals surface area contributed by atoms with Crippen LogP contribution in [-0.2, 0) is 9.47 Å². The molecular weight excluding hydrogens is 326 g/mol. The summed E-state index contributed by atoms with van der Waals surface area (Å²) in [6.07, 6.45) is 0.981. The SMILES string of the molecule is O=C(NC[C@@H]([C@@H]1CCOC1)N1CCOCC1)c1cccc([N+](=O)[O-])c1. The third kappa shape index (κ3) is 4.53. The fourth-order valence-electron chi connectivity index (χ4n) is 3.42. The lowest BCUT2D eigenvalue weighted by Crippen LogP contribution is -2.52. The summed E-state index contributed by atoms with van der Waals surface area (Å²) in [5, 5.41) is 13.8. The maximum atomic E-state index is 12.4. The molecule has 1 aromatic carbocycles. The van der Waals surface area contributed by atoms with Crippen molar-refractivity contribution in [3.8, 4) is 0 Å². The lowest BCUT2D eigenvalue weighted by atomic mass is 9.96. The molecule has 0 aliphatic carbocycles. The molecule has 8 nitrogen and oxygen atoms in total. The van der Waals surface area contributed by atoms with Gasteiger partial charge >= 0.3 is 0 Å². The zero-order valence-corrected chi connectivity index (χ0v) is 14.1. The zero-order valence-electron chi connectivity index (χ0n) is 14.1. The van der Waals surface area contributed by atoms with E-state index in [-0.39, 0.29) is 17.6 Å². The summed E-state index contributed by atoms with van der Waals surface area (Å²) < 4.78 is 10.9. The Morgan fingerprint density at radius 3 is 2.80 bits per heavy atom. The molecule has 0 aromatic heterocycles. The standard InChI is InChI=1S/C17H23N3O5/c21-17(13-2-1-3-15(10-13)20(22)23)18-11-16(14-4-7-25-12-14)19-5-8-24-9-6-19/h1-3,10,14,16H,4-9,11-12H2,(H,18,21)/t14-,16+/m1/s1. The molecule has 0 unspecified atom stereocenters. The molecule has 25 heavy (non-hydrogen) atoms.